The van der Waals surface area contributed by atoms with E-state index in [2.05, 4.69) is 25.8 Å². The molecule has 0 aliphatic heterocycles. The van der Waals surface area contributed by atoms with E-state index in [1.807, 2.05) is 20.2 Å². The monoisotopic (exact) mass is 181 g/mol. The Morgan fingerprint density at radius 2 is 2.46 bits per heavy atom. The molecule has 72 valence electrons. The summed E-state index contributed by atoms with van der Waals surface area (Å²) in [6, 6.07) is 0.199. The van der Waals surface area contributed by atoms with Crippen LogP contribution in [-0.2, 0) is 0 Å². The summed E-state index contributed by atoms with van der Waals surface area (Å²) in [5, 5.41) is 12.8. The van der Waals surface area contributed by atoms with E-state index >= 15 is 0 Å². The highest BCUT2D eigenvalue weighted by atomic mass is 15.2. The second-order valence-electron chi connectivity index (χ2n) is 2.72. The Labute approximate surface area is 77.6 Å². The highest BCUT2D eigenvalue weighted by Crippen LogP contribution is 2.07. The van der Waals surface area contributed by atoms with Crippen molar-refractivity contribution in [2.75, 3.05) is 14.1 Å². The number of aliphatic imine (C=N–C) groups is 1. The van der Waals surface area contributed by atoms with E-state index in [0.29, 0.717) is 0 Å². The zero-order valence-electron chi connectivity index (χ0n) is 8.13. The number of aromatic nitrogens is 2. The van der Waals surface area contributed by atoms with Crippen molar-refractivity contribution >= 4 is 5.96 Å². The number of hydrogen-bond donors (Lipinski definition) is 3. The zero-order valence-corrected chi connectivity index (χ0v) is 8.13. The molecular formula is C8H15N5. The van der Waals surface area contributed by atoms with Crippen LogP contribution in [0.2, 0.25) is 0 Å². The summed E-state index contributed by atoms with van der Waals surface area (Å²) in [5.41, 5.74) is 1.11. The Bertz CT molecular complexity index is 264. The topological polar surface area (TPSA) is 65.1 Å². The van der Waals surface area contributed by atoms with Gasteiger partial charge in [0.1, 0.15) is 0 Å². The first kappa shape index (κ1) is 9.57. The number of rotatable bonds is 2. The summed E-state index contributed by atoms with van der Waals surface area (Å²) in [5.74, 6) is 0.772. The van der Waals surface area contributed by atoms with Crippen molar-refractivity contribution in [3.05, 3.63) is 18.0 Å². The van der Waals surface area contributed by atoms with Gasteiger partial charge in [0.15, 0.2) is 5.96 Å². The average Bonchev–Trinajstić information content (AvgIpc) is 2.66. The lowest BCUT2D eigenvalue weighted by Gasteiger charge is -2.14. The Hall–Kier alpha value is -1.52. The first-order valence-corrected chi connectivity index (χ1v) is 4.17. The lowest BCUT2D eigenvalue weighted by atomic mass is 10.2. The minimum atomic E-state index is 0.199. The van der Waals surface area contributed by atoms with Gasteiger partial charge in [-0.05, 0) is 6.92 Å². The first-order chi connectivity index (χ1) is 6.27. The van der Waals surface area contributed by atoms with Crippen molar-refractivity contribution in [1.82, 2.24) is 20.8 Å². The largest absolute Gasteiger partial charge is 0.359 e. The van der Waals surface area contributed by atoms with Crippen LogP contribution in [0.25, 0.3) is 0 Å². The number of H-pyrrole nitrogens is 1. The molecule has 1 unspecified atom stereocenters. The summed E-state index contributed by atoms with van der Waals surface area (Å²) >= 11 is 0. The fourth-order valence-electron chi connectivity index (χ4n) is 1.03. The van der Waals surface area contributed by atoms with E-state index in [1.165, 1.54) is 0 Å². The summed E-state index contributed by atoms with van der Waals surface area (Å²) in [4.78, 5) is 4.02. The second kappa shape index (κ2) is 4.49. The number of guanidine groups is 1. The summed E-state index contributed by atoms with van der Waals surface area (Å²) in [6.45, 7) is 2.05. The van der Waals surface area contributed by atoms with Gasteiger partial charge < -0.3 is 10.6 Å². The minimum Gasteiger partial charge on any atom is -0.359 e. The molecule has 0 radical (unpaired) electrons. The Kier molecular flexibility index (Phi) is 3.31. The van der Waals surface area contributed by atoms with E-state index in [1.54, 1.807) is 13.2 Å². The van der Waals surface area contributed by atoms with Gasteiger partial charge in [-0.3, -0.25) is 10.1 Å². The van der Waals surface area contributed by atoms with Crippen LogP contribution in [0.1, 0.15) is 18.5 Å². The van der Waals surface area contributed by atoms with E-state index in [9.17, 15) is 0 Å². The molecule has 5 nitrogen and oxygen atoms in total. The molecule has 0 aliphatic carbocycles. The zero-order chi connectivity index (χ0) is 9.68. The van der Waals surface area contributed by atoms with Gasteiger partial charge in [-0.25, -0.2) is 0 Å². The normalized spacial score (nSPS) is 13.9. The van der Waals surface area contributed by atoms with Crippen molar-refractivity contribution in [3.8, 4) is 0 Å². The summed E-state index contributed by atoms with van der Waals surface area (Å²) in [7, 11) is 3.57. The van der Waals surface area contributed by atoms with Gasteiger partial charge in [-0.2, -0.15) is 5.10 Å². The molecule has 1 aromatic heterocycles. The molecule has 1 aromatic rings. The van der Waals surface area contributed by atoms with Crippen molar-refractivity contribution in [2.24, 2.45) is 4.99 Å². The molecule has 0 amide bonds. The van der Waals surface area contributed by atoms with Gasteiger partial charge in [0, 0.05) is 25.9 Å². The van der Waals surface area contributed by atoms with E-state index in [4.69, 9.17) is 0 Å². The fraction of sp³-hybridized carbons (Fsp3) is 0.500. The van der Waals surface area contributed by atoms with Crippen molar-refractivity contribution in [1.29, 1.82) is 0 Å². The van der Waals surface area contributed by atoms with Crippen LogP contribution in [0.3, 0.4) is 0 Å². The Balaban J connectivity index is 2.55. The highest BCUT2D eigenvalue weighted by molar-refractivity contribution is 5.79. The maximum atomic E-state index is 4.02. The maximum Gasteiger partial charge on any atom is 0.191 e. The SMILES string of the molecule is CN=C(NC)NC(C)c1cn[nH]c1. The van der Waals surface area contributed by atoms with Crippen molar-refractivity contribution in [3.63, 3.8) is 0 Å². The number of aromatic amines is 1. The molecule has 1 rings (SSSR count). The van der Waals surface area contributed by atoms with Crippen LogP contribution >= 0.6 is 0 Å². The molecule has 5 heteroatoms. The van der Waals surface area contributed by atoms with Gasteiger partial charge in [-0.1, -0.05) is 0 Å². The third-order valence-electron chi connectivity index (χ3n) is 1.83. The predicted octanol–water partition coefficient (Wildman–Crippen LogP) is 0.265. The Morgan fingerprint density at radius 3 is 2.92 bits per heavy atom. The van der Waals surface area contributed by atoms with Crippen molar-refractivity contribution < 1.29 is 0 Å². The fourth-order valence-corrected chi connectivity index (χ4v) is 1.03. The molecule has 1 atom stereocenters. The van der Waals surface area contributed by atoms with Crippen molar-refractivity contribution in [2.45, 2.75) is 13.0 Å². The smallest absolute Gasteiger partial charge is 0.191 e. The summed E-state index contributed by atoms with van der Waals surface area (Å²) in [6.07, 6.45) is 3.65. The van der Waals surface area contributed by atoms with Crippen LogP contribution in [0.4, 0.5) is 0 Å². The molecule has 0 saturated carbocycles. The molecule has 1 heterocycles. The lowest BCUT2D eigenvalue weighted by molar-refractivity contribution is 0.699. The van der Waals surface area contributed by atoms with E-state index in [-0.39, 0.29) is 6.04 Å². The van der Waals surface area contributed by atoms with Crippen LogP contribution in [0.15, 0.2) is 17.4 Å². The third kappa shape index (κ3) is 2.47. The number of nitrogens with one attached hydrogen (secondary N) is 3. The first-order valence-electron chi connectivity index (χ1n) is 4.17. The second-order valence-corrected chi connectivity index (χ2v) is 2.72. The molecule has 13 heavy (non-hydrogen) atoms. The minimum absolute atomic E-state index is 0.199. The average molecular weight is 181 g/mol. The molecule has 0 fully saturated rings. The predicted molar refractivity (Wildman–Crippen MR) is 52.6 cm³/mol. The molecular weight excluding hydrogens is 166 g/mol. The Morgan fingerprint density at radius 1 is 1.69 bits per heavy atom. The number of nitrogens with zero attached hydrogens (tertiary/aromatic N) is 2. The van der Waals surface area contributed by atoms with Crippen LogP contribution in [0, 0.1) is 0 Å². The molecule has 0 saturated heterocycles. The van der Waals surface area contributed by atoms with Crippen LogP contribution in [0.5, 0.6) is 0 Å². The molecule has 0 bridgehead atoms. The molecule has 0 spiro atoms. The third-order valence-corrected chi connectivity index (χ3v) is 1.83. The lowest BCUT2D eigenvalue weighted by Crippen LogP contribution is -2.36. The van der Waals surface area contributed by atoms with Gasteiger partial charge in [-0.15, -0.1) is 0 Å². The van der Waals surface area contributed by atoms with Gasteiger partial charge in [0.25, 0.3) is 0 Å². The van der Waals surface area contributed by atoms with Gasteiger partial charge in [0.2, 0.25) is 0 Å². The quantitative estimate of drug-likeness (QED) is 0.453. The maximum absolute atomic E-state index is 4.02. The molecule has 3 N–H and O–H groups in total. The number of hydrogen-bond acceptors (Lipinski definition) is 2. The highest BCUT2D eigenvalue weighted by Gasteiger charge is 2.06. The standard InChI is InChI=1S/C8H15N5/c1-6(7-4-11-12-5-7)13-8(9-2)10-3/h4-6H,1-3H3,(H,11,12)(H2,9,10,13). The van der Waals surface area contributed by atoms with E-state index in [0.717, 1.165) is 11.5 Å². The van der Waals surface area contributed by atoms with Gasteiger partial charge >= 0.3 is 0 Å². The van der Waals surface area contributed by atoms with Crippen LogP contribution in [-0.4, -0.2) is 30.3 Å². The molecule has 0 aliphatic rings. The van der Waals surface area contributed by atoms with E-state index < -0.39 is 0 Å². The summed E-state index contributed by atoms with van der Waals surface area (Å²) < 4.78 is 0. The molecule has 0 aromatic carbocycles. The van der Waals surface area contributed by atoms with Gasteiger partial charge in [0.05, 0.1) is 12.2 Å². The van der Waals surface area contributed by atoms with Crippen LogP contribution < -0.4 is 10.6 Å².